The lowest BCUT2D eigenvalue weighted by Crippen LogP contribution is -2.26. The molecule has 108 valence electrons. The van der Waals surface area contributed by atoms with Crippen LogP contribution in [0.4, 0.5) is 0 Å². The SMILES string of the molecule is O=S(=O)(NCCc1cscn1)c1cccc2ccccc12. The van der Waals surface area contributed by atoms with Crippen LogP contribution in [0.25, 0.3) is 10.8 Å². The molecule has 4 nitrogen and oxygen atoms in total. The lowest BCUT2D eigenvalue weighted by molar-refractivity contribution is 0.582. The molecular formula is C15H14N2O2S2. The van der Waals surface area contributed by atoms with Crippen LogP contribution in [0.5, 0.6) is 0 Å². The van der Waals surface area contributed by atoms with Crippen LogP contribution in [-0.4, -0.2) is 19.9 Å². The number of aromatic nitrogens is 1. The molecule has 0 aliphatic carbocycles. The minimum atomic E-state index is -3.51. The number of rotatable bonds is 5. The molecule has 0 aliphatic rings. The molecule has 0 amide bonds. The minimum Gasteiger partial charge on any atom is -0.250 e. The van der Waals surface area contributed by atoms with E-state index in [0.717, 1.165) is 16.5 Å². The van der Waals surface area contributed by atoms with E-state index in [2.05, 4.69) is 9.71 Å². The van der Waals surface area contributed by atoms with E-state index in [0.29, 0.717) is 17.9 Å². The summed E-state index contributed by atoms with van der Waals surface area (Å²) in [7, 11) is -3.51. The Morgan fingerprint density at radius 1 is 1.10 bits per heavy atom. The van der Waals surface area contributed by atoms with E-state index in [1.54, 1.807) is 17.6 Å². The highest BCUT2D eigenvalue weighted by molar-refractivity contribution is 7.89. The highest BCUT2D eigenvalue weighted by Crippen LogP contribution is 2.22. The van der Waals surface area contributed by atoms with Gasteiger partial charge in [0.25, 0.3) is 0 Å². The maximum absolute atomic E-state index is 12.4. The molecule has 3 aromatic rings. The number of nitrogens with one attached hydrogen (secondary N) is 1. The largest absolute Gasteiger partial charge is 0.250 e. The molecule has 0 saturated heterocycles. The van der Waals surface area contributed by atoms with E-state index in [1.165, 1.54) is 11.3 Å². The third kappa shape index (κ3) is 3.12. The van der Waals surface area contributed by atoms with Gasteiger partial charge in [-0.05, 0) is 11.5 Å². The van der Waals surface area contributed by atoms with E-state index in [4.69, 9.17) is 0 Å². The van der Waals surface area contributed by atoms with E-state index < -0.39 is 10.0 Å². The van der Waals surface area contributed by atoms with Gasteiger partial charge in [-0.1, -0.05) is 36.4 Å². The van der Waals surface area contributed by atoms with Crippen LogP contribution in [0.3, 0.4) is 0 Å². The van der Waals surface area contributed by atoms with Crippen LogP contribution >= 0.6 is 11.3 Å². The Kier molecular flexibility index (Phi) is 4.01. The second kappa shape index (κ2) is 5.93. The second-order valence-electron chi connectivity index (χ2n) is 4.60. The molecule has 0 unspecified atom stereocenters. The normalized spacial score (nSPS) is 11.8. The van der Waals surface area contributed by atoms with Gasteiger partial charge in [-0.15, -0.1) is 11.3 Å². The first-order valence-corrected chi connectivity index (χ1v) is 8.94. The molecule has 0 saturated carbocycles. The standard InChI is InChI=1S/C15H14N2O2S2/c18-21(19,17-9-8-13-10-20-11-16-13)15-7-3-5-12-4-1-2-6-14(12)15/h1-7,10-11,17H,8-9H2. The molecule has 1 N–H and O–H groups in total. The smallest absolute Gasteiger partial charge is 0.241 e. The summed E-state index contributed by atoms with van der Waals surface area (Å²) in [5.41, 5.74) is 2.65. The van der Waals surface area contributed by atoms with Crippen molar-refractivity contribution in [2.75, 3.05) is 6.54 Å². The fraction of sp³-hybridized carbons (Fsp3) is 0.133. The van der Waals surface area contributed by atoms with Gasteiger partial charge in [0, 0.05) is 23.7 Å². The summed E-state index contributed by atoms with van der Waals surface area (Å²) in [6.45, 7) is 0.343. The third-order valence-electron chi connectivity index (χ3n) is 3.20. The molecule has 6 heteroatoms. The third-order valence-corrected chi connectivity index (χ3v) is 5.35. The molecule has 1 heterocycles. The Balaban J connectivity index is 1.83. The predicted octanol–water partition coefficient (Wildman–Crippen LogP) is 2.82. The zero-order chi connectivity index (χ0) is 14.7. The molecular weight excluding hydrogens is 304 g/mol. The van der Waals surface area contributed by atoms with Gasteiger partial charge in [-0.25, -0.2) is 18.1 Å². The van der Waals surface area contributed by atoms with Gasteiger partial charge in [0.05, 0.1) is 16.1 Å². The fourth-order valence-corrected chi connectivity index (χ4v) is 4.03. The monoisotopic (exact) mass is 318 g/mol. The number of sulfonamides is 1. The average molecular weight is 318 g/mol. The molecule has 0 fully saturated rings. The Bertz CT molecular complexity index is 838. The molecule has 0 radical (unpaired) electrons. The van der Waals surface area contributed by atoms with Crippen molar-refractivity contribution in [3.63, 3.8) is 0 Å². The first-order chi connectivity index (χ1) is 10.2. The van der Waals surface area contributed by atoms with Crippen LogP contribution < -0.4 is 4.72 Å². The molecule has 21 heavy (non-hydrogen) atoms. The Labute approximate surface area is 127 Å². The van der Waals surface area contributed by atoms with Crippen LogP contribution in [0.15, 0.2) is 58.3 Å². The lowest BCUT2D eigenvalue weighted by Gasteiger charge is -2.09. The molecule has 0 bridgehead atoms. The van der Waals surface area contributed by atoms with Crippen molar-refractivity contribution in [2.24, 2.45) is 0 Å². The second-order valence-corrected chi connectivity index (χ2v) is 7.06. The van der Waals surface area contributed by atoms with Crippen molar-refractivity contribution < 1.29 is 8.42 Å². The van der Waals surface area contributed by atoms with Crippen LogP contribution in [-0.2, 0) is 16.4 Å². The van der Waals surface area contributed by atoms with Crippen molar-refractivity contribution in [3.8, 4) is 0 Å². The summed E-state index contributed by atoms with van der Waals surface area (Å²) in [6, 6.07) is 12.8. The van der Waals surface area contributed by atoms with Crippen LogP contribution in [0.2, 0.25) is 0 Å². The number of hydrogen-bond acceptors (Lipinski definition) is 4. The minimum absolute atomic E-state index is 0.318. The number of benzene rings is 2. The molecule has 3 rings (SSSR count). The summed E-state index contributed by atoms with van der Waals surface area (Å²) in [5.74, 6) is 0. The van der Waals surface area contributed by atoms with Crippen LogP contribution in [0, 0.1) is 0 Å². The van der Waals surface area contributed by atoms with Gasteiger partial charge in [0.2, 0.25) is 10.0 Å². The molecule has 1 aromatic heterocycles. The van der Waals surface area contributed by atoms with Gasteiger partial charge in [-0.2, -0.15) is 0 Å². The van der Waals surface area contributed by atoms with Crippen molar-refractivity contribution in [3.05, 3.63) is 59.0 Å². The van der Waals surface area contributed by atoms with Gasteiger partial charge in [0.15, 0.2) is 0 Å². The Morgan fingerprint density at radius 2 is 1.90 bits per heavy atom. The predicted molar refractivity (Wildman–Crippen MR) is 85.0 cm³/mol. The summed E-state index contributed by atoms with van der Waals surface area (Å²) in [6.07, 6.45) is 0.591. The number of hydrogen-bond donors (Lipinski definition) is 1. The molecule has 0 aliphatic heterocycles. The zero-order valence-corrected chi connectivity index (χ0v) is 12.8. The van der Waals surface area contributed by atoms with Crippen molar-refractivity contribution in [1.82, 2.24) is 9.71 Å². The van der Waals surface area contributed by atoms with Gasteiger partial charge < -0.3 is 0 Å². The van der Waals surface area contributed by atoms with E-state index >= 15 is 0 Å². The van der Waals surface area contributed by atoms with E-state index in [-0.39, 0.29) is 0 Å². The van der Waals surface area contributed by atoms with Crippen molar-refractivity contribution in [2.45, 2.75) is 11.3 Å². The summed E-state index contributed by atoms with van der Waals surface area (Å²) >= 11 is 1.51. The van der Waals surface area contributed by atoms with Crippen molar-refractivity contribution >= 4 is 32.1 Å². The highest BCUT2D eigenvalue weighted by atomic mass is 32.2. The Morgan fingerprint density at radius 3 is 2.71 bits per heavy atom. The van der Waals surface area contributed by atoms with Crippen LogP contribution in [0.1, 0.15) is 5.69 Å². The Hall–Kier alpha value is -1.76. The maximum atomic E-state index is 12.4. The molecule has 0 atom stereocenters. The van der Waals surface area contributed by atoms with E-state index in [9.17, 15) is 8.42 Å². The van der Waals surface area contributed by atoms with Crippen molar-refractivity contribution in [1.29, 1.82) is 0 Å². The number of fused-ring (bicyclic) bond motifs is 1. The lowest BCUT2D eigenvalue weighted by atomic mass is 10.1. The topological polar surface area (TPSA) is 59.1 Å². The van der Waals surface area contributed by atoms with E-state index in [1.807, 2.05) is 35.7 Å². The maximum Gasteiger partial charge on any atom is 0.241 e. The fourth-order valence-electron chi connectivity index (χ4n) is 2.18. The summed E-state index contributed by atoms with van der Waals surface area (Å²) < 4.78 is 27.5. The zero-order valence-electron chi connectivity index (χ0n) is 11.2. The number of thiazole rings is 1. The quantitative estimate of drug-likeness (QED) is 0.787. The summed E-state index contributed by atoms with van der Waals surface area (Å²) in [5, 5.41) is 3.58. The molecule has 2 aromatic carbocycles. The van der Waals surface area contributed by atoms with Gasteiger partial charge in [-0.3, -0.25) is 0 Å². The number of nitrogens with zero attached hydrogens (tertiary/aromatic N) is 1. The molecule has 0 spiro atoms. The van der Waals surface area contributed by atoms with Gasteiger partial charge >= 0.3 is 0 Å². The summed E-state index contributed by atoms with van der Waals surface area (Å²) in [4.78, 5) is 4.46. The van der Waals surface area contributed by atoms with Gasteiger partial charge in [0.1, 0.15) is 0 Å². The highest BCUT2D eigenvalue weighted by Gasteiger charge is 2.16. The first-order valence-electron chi connectivity index (χ1n) is 6.51. The first kappa shape index (κ1) is 14.2. The average Bonchev–Trinajstić information content (AvgIpc) is 3.00.